The summed E-state index contributed by atoms with van der Waals surface area (Å²) in [7, 11) is -3.09. The van der Waals surface area contributed by atoms with Crippen molar-refractivity contribution >= 4 is 21.6 Å². The SMILES string of the molecule is CS(=O)(=O)c1ccc(SC2CCCC(N)C2)cc1. The molecule has 2 rings (SSSR count). The summed E-state index contributed by atoms with van der Waals surface area (Å²) in [6.45, 7) is 0. The van der Waals surface area contributed by atoms with E-state index in [2.05, 4.69) is 0 Å². The highest BCUT2D eigenvalue weighted by Gasteiger charge is 2.20. The lowest BCUT2D eigenvalue weighted by molar-refractivity contribution is 0.451. The van der Waals surface area contributed by atoms with E-state index in [0.717, 1.165) is 17.7 Å². The van der Waals surface area contributed by atoms with Gasteiger partial charge in [0, 0.05) is 22.4 Å². The Kier molecular flexibility index (Phi) is 4.35. The molecule has 100 valence electrons. The Hall–Kier alpha value is -0.520. The zero-order valence-electron chi connectivity index (χ0n) is 10.5. The molecule has 0 heterocycles. The minimum Gasteiger partial charge on any atom is -0.328 e. The third-order valence-corrected chi connectivity index (χ3v) is 5.66. The monoisotopic (exact) mass is 285 g/mol. The van der Waals surface area contributed by atoms with E-state index >= 15 is 0 Å². The molecule has 1 saturated carbocycles. The summed E-state index contributed by atoms with van der Waals surface area (Å²) in [5.74, 6) is 0. The number of nitrogens with two attached hydrogens (primary N) is 1. The molecular weight excluding hydrogens is 266 g/mol. The van der Waals surface area contributed by atoms with Crippen molar-refractivity contribution in [3.63, 3.8) is 0 Å². The van der Waals surface area contributed by atoms with Crippen molar-refractivity contribution in [2.75, 3.05) is 6.26 Å². The van der Waals surface area contributed by atoms with E-state index in [1.165, 1.54) is 19.1 Å². The maximum atomic E-state index is 11.4. The molecule has 0 aliphatic heterocycles. The number of thioether (sulfide) groups is 1. The molecule has 0 bridgehead atoms. The Bertz CT molecular complexity index is 496. The van der Waals surface area contributed by atoms with Gasteiger partial charge >= 0.3 is 0 Å². The predicted molar refractivity (Wildman–Crippen MR) is 75.6 cm³/mol. The van der Waals surface area contributed by atoms with Crippen LogP contribution in [-0.4, -0.2) is 26.0 Å². The first-order chi connectivity index (χ1) is 8.45. The maximum absolute atomic E-state index is 11.4. The second kappa shape index (κ2) is 5.63. The largest absolute Gasteiger partial charge is 0.328 e. The van der Waals surface area contributed by atoms with Crippen molar-refractivity contribution in [2.24, 2.45) is 5.73 Å². The van der Waals surface area contributed by atoms with Crippen LogP contribution in [0.25, 0.3) is 0 Å². The lowest BCUT2D eigenvalue weighted by atomic mass is 9.96. The fraction of sp³-hybridized carbons (Fsp3) is 0.538. The standard InChI is InChI=1S/C13H19NO2S2/c1-18(15,16)13-7-5-11(6-8-13)17-12-4-2-3-10(14)9-12/h5-8,10,12H,2-4,9,14H2,1H3. The molecule has 2 atom stereocenters. The molecular formula is C13H19NO2S2. The number of sulfone groups is 1. The van der Waals surface area contributed by atoms with Crippen LogP contribution >= 0.6 is 11.8 Å². The van der Waals surface area contributed by atoms with Crippen LogP contribution in [0.15, 0.2) is 34.1 Å². The van der Waals surface area contributed by atoms with Crippen LogP contribution in [0.2, 0.25) is 0 Å². The van der Waals surface area contributed by atoms with Gasteiger partial charge in [0.25, 0.3) is 0 Å². The van der Waals surface area contributed by atoms with Gasteiger partial charge in [-0.25, -0.2) is 8.42 Å². The van der Waals surface area contributed by atoms with Gasteiger partial charge in [0.1, 0.15) is 0 Å². The molecule has 18 heavy (non-hydrogen) atoms. The Morgan fingerprint density at radius 3 is 2.44 bits per heavy atom. The molecule has 1 aromatic carbocycles. The van der Waals surface area contributed by atoms with Crippen molar-refractivity contribution in [1.82, 2.24) is 0 Å². The number of hydrogen-bond acceptors (Lipinski definition) is 4. The van der Waals surface area contributed by atoms with Crippen molar-refractivity contribution in [3.8, 4) is 0 Å². The first-order valence-electron chi connectivity index (χ1n) is 6.17. The van der Waals surface area contributed by atoms with E-state index < -0.39 is 9.84 Å². The highest BCUT2D eigenvalue weighted by Crippen LogP contribution is 2.33. The van der Waals surface area contributed by atoms with Gasteiger partial charge in [-0.1, -0.05) is 6.42 Å². The molecule has 2 N–H and O–H groups in total. The molecule has 1 aliphatic carbocycles. The molecule has 1 aromatic rings. The predicted octanol–water partition coefficient (Wildman–Crippen LogP) is 2.45. The van der Waals surface area contributed by atoms with Crippen molar-refractivity contribution in [2.45, 2.75) is 46.8 Å². The lowest BCUT2D eigenvalue weighted by Crippen LogP contribution is -2.29. The third-order valence-electron chi connectivity index (χ3n) is 3.22. The topological polar surface area (TPSA) is 60.2 Å². The molecule has 5 heteroatoms. The van der Waals surface area contributed by atoms with Crippen LogP contribution in [0.3, 0.4) is 0 Å². The first-order valence-corrected chi connectivity index (χ1v) is 8.94. The Morgan fingerprint density at radius 1 is 1.22 bits per heavy atom. The van der Waals surface area contributed by atoms with Crippen molar-refractivity contribution in [1.29, 1.82) is 0 Å². The fourth-order valence-corrected chi connectivity index (χ4v) is 4.18. The van der Waals surface area contributed by atoms with Gasteiger partial charge in [-0.2, -0.15) is 0 Å². The van der Waals surface area contributed by atoms with E-state index in [4.69, 9.17) is 5.73 Å². The normalized spacial score (nSPS) is 25.0. The third kappa shape index (κ3) is 3.73. The highest BCUT2D eigenvalue weighted by atomic mass is 32.2. The number of rotatable bonds is 3. The van der Waals surface area contributed by atoms with Crippen molar-refractivity contribution in [3.05, 3.63) is 24.3 Å². The average Bonchev–Trinajstić information content (AvgIpc) is 2.28. The molecule has 0 amide bonds. The second-order valence-electron chi connectivity index (χ2n) is 4.91. The summed E-state index contributed by atoms with van der Waals surface area (Å²) in [6.07, 6.45) is 5.81. The lowest BCUT2D eigenvalue weighted by Gasteiger charge is -2.26. The zero-order chi connectivity index (χ0) is 13.2. The summed E-state index contributed by atoms with van der Waals surface area (Å²) in [5, 5.41) is 0.567. The molecule has 2 unspecified atom stereocenters. The molecule has 0 aromatic heterocycles. The first kappa shape index (κ1) is 13.9. The summed E-state index contributed by atoms with van der Waals surface area (Å²) in [6, 6.07) is 7.47. The summed E-state index contributed by atoms with van der Waals surface area (Å²) >= 11 is 1.81. The average molecular weight is 285 g/mol. The fourth-order valence-electron chi connectivity index (χ4n) is 2.25. The van der Waals surface area contributed by atoms with E-state index in [1.54, 1.807) is 12.1 Å². The molecule has 0 radical (unpaired) electrons. The van der Waals surface area contributed by atoms with E-state index in [9.17, 15) is 8.42 Å². The minimum absolute atomic E-state index is 0.326. The molecule has 0 saturated heterocycles. The van der Waals surface area contributed by atoms with Gasteiger partial charge in [0.2, 0.25) is 0 Å². The summed E-state index contributed by atoms with van der Waals surface area (Å²) in [5.41, 5.74) is 5.97. The quantitative estimate of drug-likeness (QED) is 0.926. The van der Waals surface area contributed by atoms with E-state index in [1.807, 2.05) is 23.9 Å². The Balaban J connectivity index is 2.02. The number of benzene rings is 1. The van der Waals surface area contributed by atoms with Crippen LogP contribution in [-0.2, 0) is 9.84 Å². The summed E-state index contributed by atoms with van der Waals surface area (Å²) in [4.78, 5) is 1.51. The van der Waals surface area contributed by atoms with Crippen LogP contribution < -0.4 is 5.73 Å². The Labute approximate surface area is 113 Å². The van der Waals surface area contributed by atoms with Crippen LogP contribution in [0.4, 0.5) is 0 Å². The smallest absolute Gasteiger partial charge is 0.175 e. The zero-order valence-corrected chi connectivity index (χ0v) is 12.1. The number of hydrogen-bond donors (Lipinski definition) is 1. The van der Waals surface area contributed by atoms with E-state index in [-0.39, 0.29) is 0 Å². The molecule has 1 aliphatic rings. The second-order valence-corrected chi connectivity index (χ2v) is 8.30. The van der Waals surface area contributed by atoms with Gasteiger partial charge < -0.3 is 5.73 Å². The van der Waals surface area contributed by atoms with E-state index in [0.29, 0.717) is 16.2 Å². The van der Waals surface area contributed by atoms with Gasteiger partial charge in [0.15, 0.2) is 9.84 Å². The van der Waals surface area contributed by atoms with Gasteiger partial charge in [-0.3, -0.25) is 0 Å². The molecule has 1 fully saturated rings. The molecule has 3 nitrogen and oxygen atoms in total. The molecule has 0 spiro atoms. The minimum atomic E-state index is -3.09. The highest BCUT2D eigenvalue weighted by molar-refractivity contribution is 8.00. The van der Waals surface area contributed by atoms with Gasteiger partial charge in [-0.15, -0.1) is 11.8 Å². The van der Waals surface area contributed by atoms with Gasteiger partial charge in [-0.05, 0) is 43.5 Å². The maximum Gasteiger partial charge on any atom is 0.175 e. The van der Waals surface area contributed by atoms with Crippen molar-refractivity contribution < 1.29 is 8.42 Å². The van der Waals surface area contributed by atoms with Gasteiger partial charge in [0.05, 0.1) is 4.90 Å². The Morgan fingerprint density at radius 2 is 1.89 bits per heavy atom. The van der Waals surface area contributed by atoms with Crippen LogP contribution in [0.1, 0.15) is 25.7 Å². The van der Waals surface area contributed by atoms with Crippen LogP contribution in [0.5, 0.6) is 0 Å². The van der Waals surface area contributed by atoms with Crippen LogP contribution in [0, 0.1) is 0 Å². The summed E-state index contributed by atoms with van der Waals surface area (Å²) < 4.78 is 22.7.